The quantitative estimate of drug-likeness (QED) is 0.912. The Balaban J connectivity index is 2.42. The van der Waals surface area contributed by atoms with E-state index in [1.807, 2.05) is 6.07 Å². The van der Waals surface area contributed by atoms with Gasteiger partial charge >= 0.3 is 5.97 Å². The number of carboxylic acid groups (broad SMARTS) is 1. The van der Waals surface area contributed by atoms with Gasteiger partial charge in [-0.25, -0.2) is 4.39 Å². The van der Waals surface area contributed by atoms with Gasteiger partial charge in [0, 0.05) is 0 Å². The van der Waals surface area contributed by atoms with E-state index in [0.717, 1.165) is 0 Å². The molecule has 19 heavy (non-hydrogen) atoms. The van der Waals surface area contributed by atoms with Crippen molar-refractivity contribution in [2.24, 2.45) is 0 Å². The fourth-order valence-electron chi connectivity index (χ4n) is 2.13. The van der Waals surface area contributed by atoms with Gasteiger partial charge in [0.15, 0.2) is 0 Å². The van der Waals surface area contributed by atoms with Crippen molar-refractivity contribution >= 4 is 5.97 Å². The molecule has 0 aliphatic rings. The number of aliphatic carboxylic acids is 1. The molecule has 1 atom stereocenters. The van der Waals surface area contributed by atoms with E-state index in [1.54, 1.807) is 49.4 Å². The first kappa shape index (κ1) is 13.3. The Morgan fingerprint density at radius 2 is 1.68 bits per heavy atom. The molecule has 0 bridgehead atoms. The Labute approximate surface area is 111 Å². The van der Waals surface area contributed by atoms with Crippen molar-refractivity contribution in [1.29, 1.82) is 0 Å². The summed E-state index contributed by atoms with van der Waals surface area (Å²) in [4.78, 5) is 11.6. The van der Waals surface area contributed by atoms with Gasteiger partial charge < -0.3 is 5.11 Å². The average molecular weight is 258 g/mol. The van der Waals surface area contributed by atoms with Gasteiger partial charge in [-0.3, -0.25) is 4.79 Å². The van der Waals surface area contributed by atoms with E-state index in [2.05, 4.69) is 0 Å². The predicted molar refractivity (Wildman–Crippen MR) is 71.5 cm³/mol. The van der Waals surface area contributed by atoms with Crippen LogP contribution in [0.1, 0.15) is 18.1 Å². The van der Waals surface area contributed by atoms with E-state index in [1.165, 1.54) is 6.07 Å². The van der Waals surface area contributed by atoms with Gasteiger partial charge in [0.05, 0.1) is 5.41 Å². The van der Waals surface area contributed by atoms with Crippen molar-refractivity contribution in [3.63, 3.8) is 0 Å². The lowest BCUT2D eigenvalue weighted by Crippen LogP contribution is -2.35. The van der Waals surface area contributed by atoms with Crippen LogP contribution in [0.15, 0.2) is 54.6 Å². The SMILES string of the molecule is CC(Cc1ccccc1F)(C(=O)O)c1ccccc1. The molecule has 0 radical (unpaired) electrons. The Kier molecular flexibility index (Phi) is 3.65. The molecule has 2 nitrogen and oxygen atoms in total. The minimum absolute atomic E-state index is 0.124. The monoisotopic (exact) mass is 258 g/mol. The van der Waals surface area contributed by atoms with Crippen molar-refractivity contribution in [2.75, 3.05) is 0 Å². The lowest BCUT2D eigenvalue weighted by atomic mass is 9.77. The van der Waals surface area contributed by atoms with Gasteiger partial charge in [0.2, 0.25) is 0 Å². The first-order valence-electron chi connectivity index (χ1n) is 6.06. The zero-order chi connectivity index (χ0) is 13.9. The molecule has 0 saturated heterocycles. The third-order valence-corrected chi connectivity index (χ3v) is 3.38. The highest BCUT2D eigenvalue weighted by molar-refractivity contribution is 5.81. The number of carboxylic acids is 1. The molecule has 0 spiro atoms. The summed E-state index contributed by atoms with van der Waals surface area (Å²) < 4.78 is 13.7. The summed E-state index contributed by atoms with van der Waals surface area (Å²) in [6, 6.07) is 15.2. The standard InChI is InChI=1S/C16H15FO2/c1-16(15(18)19,13-8-3-2-4-9-13)11-12-7-5-6-10-14(12)17/h2-10H,11H2,1H3,(H,18,19). The average Bonchev–Trinajstić information content (AvgIpc) is 2.42. The number of carbonyl (C=O) groups is 1. The predicted octanol–water partition coefficient (Wildman–Crippen LogP) is 3.41. The van der Waals surface area contributed by atoms with E-state index in [0.29, 0.717) is 11.1 Å². The number of rotatable bonds is 4. The molecule has 0 amide bonds. The fraction of sp³-hybridized carbons (Fsp3) is 0.188. The number of hydrogen-bond donors (Lipinski definition) is 1. The summed E-state index contributed by atoms with van der Waals surface area (Å²) in [6.07, 6.45) is 0.124. The van der Waals surface area contributed by atoms with Crippen molar-refractivity contribution in [3.8, 4) is 0 Å². The van der Waals surface area contributed by atoms with Gasteiger partial charge in [-0.15, -0.1) is 0 Å². The van der Waals surface area contributed by atoms with E-state index in [4.69, 9.17) is 0 Å². The molecule has 2 aromatic rings. The summed E-state index contributed by atoms with van der Waals surface area (Å²) in [5, 5.41) is 9.52. The fourth-order valence-corrected chi connectivity index (χ4v) is 2.13. The number of hydrogen-bond acceptors (Lipinski definition) is 1. The molecule has 1 unspecified atom stereocenters. The van der Waals surface area contributed by atoms with Crippen molar-refractivity contribution in [3.05, 3.63) is 71.5 Å². The van der Waals surface area contributed by atoms with Gasteiger partial charge in [-0.2, -0.15) is 0 Å². The highest BCUT2D eigenvalue weighted by Gasteiger charge is 2.35. The van der Waals surface area contributed by atoms with E-state index < -0.39 is 11.4 Å². The molecule has 98 valence electrons. The van der Waals surface area contributed by atoms with Crippen molar-refractivity contribution in [1.82, 2.24) is 0 Å². The van der Waals surface area contributed by atoms with E-state index in [9.17, 15) is 14.3 Å². The molecule has 0 heterocycles. The summed E-state index contributed by atoms with van der Waals surface area (Å²) >= 11 is 0. The van der Waals surface area contributed by atoms with Gasteiger partial charge in [-0.05, 0) is 30.5 Å². The van der Waals surface area contributed by atoms with Crippen LogP contribution in [0.5, 0.6) is 0 Å². The Morgan fingerprint density at radius 1 is 1.11 bits per heavy atom. The summed E-state index contributed by atoms with van der Waals surface area (Å²) in [5.74, 6) is -1.33. The Bertz CT molecular complexity index is 580. The van der Waals surface area contributed by atoms with Crippen LogP contribution >= 0.6 is 0 Å². The Morgan fingerprint density at radius 3 is 2.26 bits per heavy atom. The maximum absolute atomic E-state index is 13.7. The van der Waals surface area contributed by atoms with Gasteiger partial charge in [-0.1, -0.05) is 48.5 Å². The van der Waals surface area contributed by atoms with Crippen LogP contribution in [0.2, 0.25) is 0 Å². The third kappa shape index (κ3) is 2.65. The normalized spacial score (nSPS) is 13.8. The van der Waals surface area contributed by atoms with Gasteiger partial charge in [0.25, 0.3) is 0 Å². The van der Waals surface area contributed by atoms with Crippen LogP contribution in [-0.2, 0) is 16.6 Å². The maximum Gasteiger partial charge on any atom is 0.314 e. The topological polar surface area (TPSA) is 37.3 Å². The van der Waals surface area contributed by atoms with E-state index in [-0.39, 0.29) is 12.2 Å². The Hall–Kier alpha value is -2.16. The van der Waals surface area contributed by atoms with Crippen LogP contribution < -0.4 is 0 Å². The minimum Gasteiger partial charge on any atom is -0.481 e. The summed E-state index contributed by atoms with van der Waals surface area (Å²) in [5.41, 5.74) is -0.0503. The smallest absolute Gasteiger partial charge is 0.314 e. The third-order valence-electron chi connectivity index (χ3n) is 3.38. The summed E-state index contributed by atoms with van der Waals surface area (Å²) in [6.45, 7) is 1.62. The molecule has 0 aliphatic carbocycles. The van der Waals surface area contributed by atoms with Crippen LogP contribution in [0, 0.1) is 5.82 Å². The van der Waals surface area contributed by atoms with Gasteiger partial charge in [0.1, 0.15) is 5.82 Å². The van der Waals surface area contributed by atoms with Crippen LogP contribution in [0.4, 0.5) is 4.39 Å². The highest BCUT2D eigenvalue weighted by atomic mass is 19.1. The van der Waals surface area contributed by atoms with Crippen molar-refractivity contribution < 1.29 is 14.3 Å². The van der Waals surface area contributed by atoms with Crippen LogP contribution in [0.3, 0.4) is 0 Å². The van der Waals surface area contributed by atoms with E-state index >= 15 is 0 Å². The van der Waals surface area contributed by atoms with Crippen molar-refractivity contribution in [2.45, 2.75) is 18.8 Å². The molecule has 0 fully saturated rings. The number of benzene rings is 2. The number of halogens is 1. The largest absolute Gasteiger partial charge is 0.481 e. The molecular weight excluding hydrogens is 243 g/mol. The first-order chi connectivity index (χ1) is 9.04. The zero-order valence-corrected chi connectivity index (χ0v) is 10.6. The lowest BCUT2D eigenvalue weighted by molar-refractivity contribution is -0.143. The molecule has 0 aliphatic heterocycles. The first-order valence-corrected chi connectivity index (χ1v) is 6.06. The van der Waals surface area contributed by atoms with Crippen LogP contribution in [-0.4, -0.2) is 11.1 Å². The molecule has 2 aromatic carbocycles. The minimum atomic E-state index is -1.14. The second kappa shape index (κ2) is 5.22. The lowest BCUT2D eigenvalue weighted by Gasteiger charge is -2.25. The molecule has 3 heteroatoms. The molecule has 1 N–H and O–H groups in total. The molecule has 2 rings (SSSR count). The summed E-state index contributed by atoms with van der Waals surface area (Å²) in [7, 11) is 0. The molecule has 0 aromatic heterocycles. The zero-order valence-electron chi connectivity index (χ0n) is 10.6. The second-order valence-electron chi connectivity index (χ2n) is 4.77. The van der Waals surface area contributed by atoms with Crippen LogP contribution in [0.25, 0.3) is 0 Å². The molecular formula is C16H15FO2. The second-order valence-corrected chi connectivity index (χ2v) is 4.77. The maximum atomic E-state index is 13.7. The highest BCUT2D eigenvalue weighted by Crippen LogP contribution is 2.29. The molecule has 0 saturated carbocycles.